The Morgan fingerprint density at radius 2 is 0.839 bits per heavy atom. The second-order valence-electron chi connectivity index (χ2n) is 19.4. The molecule has 0 unspecified atom stereocenters. The summed E-state index contributed by atoms with van der Waals surface area (Å²) < 4.78 is 27.8. The molecular weight excluding hydrogens is 884 g/mol. The molecule has 0 saturated heterocycles. The summed E-state index contributed by atoms with van der Waals surface area (Å²) in [5, 5.41) is 0. The van der Waals surface area contributed by atoms with Crippen LogP contribution in [0.3, 0.4) is 0 Å². The second-order valence-corrected chi connectivity index (χ2v) is 22.6. The summed E-state index contributed by atoms with van der Waals surface area (Å²) >= 11 is -0.838. The molecule has 0 aromatic heterocycles. The smallest absolute Gasteiger partial charge is 0.0590 e. The molecule has 0 spiro atoms. The Morgan fingerprint density at radius 3 is 1.16 bits per heavy atom. The molecule has 0 amide bonds. The van der Waals surface area contributed by atoms with Crippen molar-refractivity contribution in [1.29, 1.82) is 0 Å². The standard InChI is InChI=1S/C50H54O6Te.C3H8.C2H6/c1-49(37-19-31-17-32(21-37)22-38(49)20-31)55-47(51)29-53-45-15-13-41(27-43(45)35-9-5-3-6-10-35)57-42-14-16-46(44(28-42)36-11-7-4-8-12-36)54-30-48(52)56-50(2)39-23-33-18-34(25-39)26-40(50)24-33;1-3-2;1-2/h3-16,27-28,31-34,37-40H,17-26,29-30H2,1-2H3;3H2,1-2H3;1-2H3. The molecule has 8 aliphatic rings. The van der Waals surface area contributed by atoms with E-state index in [2.05, 4.69) is 76.2 Å². The van der Waals surface area contributed by atoms with Crippen LogP contribution in [0.25, 0.3) is 22.3 Å². The minimum absolute atomic E-state index is 0.103. The van der Waals surface area contributed by atoms with Gasteiger partial charge in [-0.25, -0.2) is 0 Å². The maximum absolute atomic E-state index is 13.4. The monoisotopic (exact) mass is 954 g/mol. The molecule has 12 rings (SSSR count). The molecule has 8 saturated carbocycles. The molecule has 0 aliphatic heterocycles. The van der Waals surface area contributed by atoms with Crippen LogP contribution in [-0.4, -0.2) is 57.3 Å². The normalized spacial score (nSPS) is 30.6. The first-order valence-electron chi connectivity index (χ1n) is 23.9. The summed E-state index contributed by atoms with van der Waals surface area (Å²) in [7, 11) is 0. The topological polar surface area (TPSA) is 71.1 Å². The van der Waals surface area contributed by atoms with E-state index < -0.39 is 20.9 Å². The Hall–Kier alpha value is -3.79. The molecule has 0 N–H and O–H groups in total. The van der Waals surface area contributed by atoms with E-state index in [1.165, 1.54) is 77.9 Å². The van der Waals surface area contributed by atoms with Gasteiger partial charge in [-0.2, -0.15) is 0 Å². The molecule has 6 nitrogen and oxygen atoms in total. The van der Waals surface area contributed by atoms with Gasteiger partial charge in [0.1, 0.15) is 0 Å². The van der Waals surface area contributed by atoms with Gasteiger partial charge in [0, 0.05) is 0 Å². The van der Waals surface area contributed by atoms with Crippen molar-refractivity contribution >= 4 is 40.1 Å². The number of hydrogen-bond acceptors (Lipinski definition) is 6. The maximum Gasteiger partial charge on any atom is -0.0590 e. The van der Waals surface area contributed by atoms with E-state index in [1.807, 2.05) is 62.4 Å². The first-order valence-corrected chi connectivity index (χ1v) is 26.2. The van der Waals surface area contributed by atoms with Gasteiger partial charge in [0.25, 0.3) is 0 Å². The van der Waals surface area contributed by atoms with Gasteiger partial charge >= 0.3 is 336 Å². The van der Waals surface area contributed by atoms with E-state index >= 15 is 0 Å². The van der Waals surface area contributed by atoms with Crippen molar-refractivity contribution in [2.75, 3.05) is 13.2 Å². The molecule has 8 fully saturated rings. The average Bonchev–Trinajstić information content (AvgIpc) is 3.28. The van der Waals surface area contributed by atoms with E-state index in [9.17, 15) is 9.59 Å². The largest absolute Gasteiger partial charge is 0.0656 e. The molecule has 8 aliphatic carbocycles. The number of esters is 2. The minimum Gasteiger partial charge on any atom is -0.0656 e. The molecule has 0 atom stereocenters. The van der Waals surface area contributed by atoms with Crippen LogP contribution in [0.2, 0.25) is 0 Å². The minimum atomic E-state index is -0.838. The predicted octanol–water partition coefficient (Wildman–Crippen LogP) is 11.4. The second kappa shape index (κ2) is 19.5. The van der Waals surface area contributed by atoms with Gasteiger partial charge in [0.2, 0.25) is 0 Å². The molecule has 4 aromatic rings. The fourth-order valence-electron chi connectivity index (χ4n) is 12.6. The van der Waals surface area contributed by atoms with Crippen molar-refractivity contribution in [3.05, 3.63) is 97.1 Å². The van der Waals surface area contributed by atoms with Crippen LogP contribution in [0, 0.1) is 47.3 Å². The number of carbonyl (C=O) groups excluding carboxylic acids is 2. The molecule has 0 radical (unpaired) electrons. The third-order valence-electron chi connectivity index (χ3n) is 15.2. The summed E-state index contributed by atoms with van der Waals surface area (Å²) in [4.78, 5) is 26.8. The summed E-state index contributed by atoms with van der Waals surface area (Å²) in [5.41, 5.74) is 3.29. The number of carbonyl (C=O) groups is 2. The van der Waals surface area contributed by atoms with Gasteiger partial charge < -0.3 is 0 Å². The van der Waals surface area contributed by atoms with E-state index in [-0.39, 0.29) is 36.4 Å². The third kappa shape index (κ3) is 9.51. The number of rotatable bonds is 12. The predicted molar refractivity (Wildman–Crippen MR) is 250 cm³/mol. The van der Waals surface area contributed by atoms with Crippen LogP contribution >= 0.6 is 0 Å². The van der Waals surface area contributed by atoms with Crippen molar-refractivity contribution in [1.82, 2.24) is 0 Å². The van der Waals surface area contributed by atoms with E-state index in [1.54, 1.807) is 0 Å². The van der Waals surface area contributed by atoms with Crippen molar-refractivity contribution in [3.8, 4) is 33.8 Å². The van der Waals surface area contributed by atoms with Crippen LogP contribution in [-0.2, 0) is 19.1 Å². The van der Waals surface area contributed by atoms with Crippen LogP contribution in [0.4, 0.5) is 0 Å². The van der Waals surface area contributed by atoms with Crippen LogP contribution in [0.5, 0.6) is 11.5 Å². The van der Waals surface area contributed by atoms with Gasteiger partial charge in [-0.1, -0.05) is 34.1 Å². The molecule has 8 bridgehead atoms. The quantitative estimate of drug-likeness (QED) is 0.104. The number of ether oxygens (including phenoxy) is 4. The molecule has 0 heterocycles. The molecular formula is C55H68O6Te. The SMILES string of the molecule is CC.CC1(OC(=O)COc2ccc([Te]c3ccc(OCC(=O)OC4(C)C5CC6CC(C5)CC4C6)c(-c4ccccc4)c3)cc2-c2ccccc2)C2CC3CC(C2)CC1C3.CCC. The van der Waals surface area contributed by atoms with Gasteiger partial charge in [-0.15, -0.1) is 0 Å². The fourth-order valence-corrected chi connectivity index (χ4v) is 15.2. The Morgan fingerprint density at radius 1 is 0.516 bits per heavy atom. The first kappa shape index (κ1) is 44.8. The summed E-state index contributed by atoms with van der Waals surface area (Å²) in [6.45, 7) is 12.4. The van der Waals surface area contributed by atoms with Crippen molar-refractivity contribution < 1.29 is 28.5 Å². The zero-order valence-corrected chi connectivity index (χ0v) is 40.2. The van der Waals surface area contributed by atoms with Crippen molar-refractivity contribution in [2.45, 2.75) is 123 Å². The molecule has 62 heavy (non-hydrogen) atoms. The van der Waals surface area contributed by atoms with Gasteiger partial charge in [0.05, 0.1) is 0 Å². The third-order valence-corrected chi connectivity index (χ3v) is 18.0. The van der Waals surface area contributed by atoms with Gasteiger partial charge in [-0.3, -0.25) is 0 Å². The maximum atomic E-state index is 13.4. The van der Waals surface area contributed by atoms with Crippen molar-refractivity contribution in [3.63, 3.8) is 0 Å². The van der Waals surface area contributed by atoms with Crippen LogP contribution in [0.15, 0.2) is 97.1 Å². The fraction of sp³-hybridized carbons (Fsp3) is 0.527. The van der Waals surface area contributed by atoms with Gasteiger partial charge in [0.15, 0.2) is 0 Å². The molecule has 330 valence electrons. The van der Waals surface area contributed by atoms with E-state index in [4.69, 9.17) is 18.9 Å². The average molecular weight is 953 g/mol. The van der Waals surface area contributed by atoms with Crippen molar-refractivity contribution in [2.24, 2.45) is 47.3 Å². The Kier molecular flexibility index (Phi) is 14.1. The molecule has 4 aromatic carbocycles. The number of hydrogen-bond donors (Lipinski definition) is 0. The van der Waals surface area contributed by atoms with Crippen LogP contribution < -0.4 is 16.7 Å². The Balaban J connectivity index is 0.00000102. The summed E-state index contributed by atoms with van der Waals surface area (Å²) in [6.07, 6.45) is 13.5. The van der Waals surface area contributed by atoms with E-state index in [0.717, 1.165) is 45.9 Å². The van der Waals surface area contributed by atoms with Crippen LogP contribution in [0.1, 0.15) is 112 Å². The molecule has 7 heteroatoms. The zero-order valence-electron chi connectivity index (χ0n) is 37.9. The summed E-state index contributed by atoms with van der Waals surface area (Å²) in [6, 6.07) is 33.3. The van der Waals surface area contributed by atoms with Gasteiger partial charge in [-0.05, 0) is 12.8 Å². The zero-order chi connectivity index (χ0) is 43.4. The number of benzene rings is 4. The van der Waals surface area contributed by atoms with E-state index in [0.29, 0.717) is 35.2 Å². The Bertz CT molecular complexity index is 1940. The Labute approximate surface area is 381 Å². The summed E-state index contributed by atoms with van der Waals surface area (Å²) in [5.74, 6) is 6.00. The first-order chi connectivity index (χ1) is 30.1.